The van der Waals surface area contributed by atoms with Crippen molar-refractivity contribution in [2.75, 3.05) is 38.2 Å². The van der Waals surface area contributed by atoms with Gasteiger partial charge in [0, 0.05) is 19.1 Å². The van der Waals surface area contributed by atoms with Crippen LogP contribution in [0.5, 0.6) is 0 Å². The predicted molar refractivity (Wildman–Crippen MR) is 90.0 cm³/mol. The highest BCUT2D eigenvalue weighted by Crippen LogP contribution is 2.25. The van der Waals surface area contributed by atoms with E-state index in [1.807, 2.05) is 27.9 Å². The largest absolute Gasteiger partial charge is 0.382 e. The van der Waals surface area contributed by atoms with Crippen molar-refractivity contribution in [3.8, 4) is 0 Å². The molecule has 0 aliphatic carbocycles. The summed E-state index contributed by atoms with van der Waals surface area (Å²) < 4.78 is 0. The van der Waals surface area contributed by atoms with Crippen LogP contribution in [0.3, 0.4) is 0 Å². The summed E-state index contributed by atoms with van der Waals surface area (Å²) in [7, 11) is 4.04. The van der Waals surface area contributed by atoms with Crippen LogP contribution in [0.25, 0.3) is 0 Å². The summed E-state index contributed by atoms with van der Waals surface area (Å²) in [5, 5.41) is 6.79. The van der Waals surface area contributed by atoms with Crippen molar-refractivity contribution in [3.63, 3.8) is 0 Å². The second kappa shape index (κ2) is 7.09. The number of amides is 1. The van der Waals surface area contributed by atoms with E-state index in [1.54, 1.807) is 0 Å². The van der Waals surface area contributed by atoms with E-state index in [0.717, 1.165) is 6.54 Å². The second-order valence-corrected chi connectivity index (χ2v) is 7.62. The number of nitrogens with two attached hydrogens (primary N) is 1. The number of thiazole rings is 1. The van der Waals surface area contributed by atoms with E-state index in [0.29, 0.717) is 16.6 Å². The summed E-state index contributed by atoms with van der Waals surface area (Å²) >= 11 is 1.29. The minimum absolute atomic E-state index is 0.00236. The Labute approximate surface area is 131 Å². The van der Waals surface area contributed by atoms with E-state index in [1.165, 1.54) is 11.3 Å². The van der Waals surface area contributed by atoms with Crippen molar-refractivity contribution in [1.82, 2.24) is 15.2 Å². The van der Waals surface area contributed by atoms with Crippen LogP contribution in [0.1, 0.15) is 37.4 Å². The highest BCUT2D eigenvalue weighted by atomic mass is 32.1. The Kier molecular flexibility index (Phi) is 5.98. The number of carbonyl (C=O) groups is 1. The van der Waals surface area contributed by atoms with E-state index >= 15 is 0 Å². The Morgan fingerprint density at radius 3 is 2.57 bits per heavy atom. The fourth-order valence-electron chi connectivity index (χ4n) is 2.12. The van der Waals surface area contributed by atoms with Gasteiger partial charge in [-0.25, -0.2) is 4.98 Å². The molecule has 0 radical (unpaired) electrons. The molecule has 0 aromatic carbocycles. The molecule has 0 aliphatic rings. The molecule has 0 spiro atoms. The maximum absolute atomic E-state index is 12.2. The first-order valence-electron chi connectivity index (χ1n) is 7.06. The number of aromatic nitrogens is 1. The predicted octanol–water partition coefficient (Wildman–Crippen LogP) is 1.86. The smallest absolute Gasteiger partial charge is 0.265 e. The Morgan fingerprint density at radius 2 is 2.05 bits per heavy atom. The highest BCUT2D eigenvalue weighted by molar-refractivity contribution is 7.18. The van der Waals surface area contributed by atoms with Crippen LogP contribution in [0, 0.1) is 5.41 Å². The lowest BCUT2D eigenvalue weighted by atomic mass is 9.93. The van der Waals surface area contributed by atoms with Crippen molar-refractivity contribution in [2.24, 2.45) is 5.41 Å². The standard InChI is InChI=1S/C14H27N5OS/c1-9(2)17-13-18-11(15)10(21-13)12(20)16-7-14(3,4)8-19(5)6/h9H,7-8,15H2,1-6H3,(H,16,20)(H,17,18). The first-order valence-corrected chi connectivity index (χ1v) is 7.88. The number of carbonyl (C=O) groups excluding carboxylic acids is 1. The molecule has 21 heavy (non-hydrogen) atoms. The van der Waals surface area contributed by atoms with E-state index in [-0.39, 0.29) is 23.2 Å². The van der Waals surface area contributed by atoms with Gasteiger partial charge in [-0.3, -0.25) is 4.79 Å². The topological polar surface area (TPSA) is 83.3 Å². The summed E-state index contributed by atoms with van der Waals surface area (Å²) in [6.07, 6.45) is 0. The average molecular weight is 313 g/mol. The molecule has 120 valence electrons. The summed E-state index contributed by atoms with van der Waals surface area (Å²) in [5.41, 5.74) is 5.83. The number of nitrogens with one attached hydrogen (secondary N) is 2. The summed E-state index contributed by atoms with van der Waals surface area (Å²) in [5.74, 6) is 0.125. The van der Waals surface area contributed by atoms with Gasteiger partial charge >= 0.3 is 0 Å². The molecule has 1 aromatic heterocycles. The Balaban J connectivity index is 2.65. The first kappa shape index (κ1) is 17.7. The van der Waals surface area contributed by atoms with E-state index in [4.69, 9.17) is 5.73 Å². The molecule has 0 aliphatic heterocycles. The van der Waals surface area contributed by atoms with Crippen LogP contribution in [0.4, 0.5) is 10.9 Å². The van der Waals surface area contributed by atoms with E-state index in [2.05, 4.69) is 34.4 Å². The molecular weight excluding hydrogens is 286 g/mol. The molecule has 1 rings (SSSR count). The third-order valence-electron chi connectivity index (χ3n) is 2.74. The Morgan fingerprint density at radius 1 is 1.43 bits per heavy atom. The molecule has 0 unspecified atom stereocenters. The van der Waals surface area contributed by atoms with Crippen molar-refractivity contribution < 1.29 is 4.79 Å². The van der Waals surface area contributed by atoms with Gasteiger partial charge in [0.15, 0.2) is 5.13 Å². The molecule has 0 bridgehead atoms. The maximum atomic E-state index is 12.2. The lowest BCUT2D eigenvalue weighted by molar-refractivity contribution is 0.0934. The normalized spacial score (nSPS) is 12.0. The van der Waals surface area contributed by atoms with Crippen molar-refractivity contribution in [1.29, 1.82) is 0 Å². The molecule has 4 N–H and O–H groups in total. The van der Waals surface area contributed by atoms with Gasteiger partial charge < -0.3 is 21.3 Å². The third-order valence-corrected chi connectivity index (χ3v) is 3.74. The van der Waals surface area contributed by atoms with Gasteiger partial charge in [0.05, 0.1) is 0 Å². The van der Waals surface area contributed by atoms with Crippen LogP contribution < -0.4 is 16.4 Å². The summed E-state index contributed by atoms with van der Waals surface area (Å²) in [6, 6.07) is 0.255. The molecule has 1 heterocycles. The van der Waals surface area contributed by atoms with Gasteiger partial charge in [-0.1, -0.05) is 25.2 Å². The molecular formula is C14H27N5OS. The zero-order chi connectivity index (χ0) is 16.2. The van der Waals surface area contributed by atoms with Crippen LogP contribution >= 0.6 is 11.3 Å². The molecule has 1 amide bonds. The van der Waals surface area contributed by atoms with Gasteiger partial charge in [0.2, 0.25) is 0 Å². The molecule has 0 fully saturated rings. The maximum Gasteiger partial charge on any atom is 0.265 e. The summed E-state index contributed by atoms with van der Waals surface area (Å²) in [4.78, 5) is 19.0. The van der Waals surface area contributed by atoms with Crippen LogP contribution in [0.2, 0.25) is 0 Å². The number of anilines is 2. The van der Waals surface area contributed by atoms with Crippen molar-refractivity contribution in [2.45, 2.75) is 33.7 Å². The van der Waals surface area contributed by atoms with Crippen molar-refractivity contribution >= 4 is 28.2 Å². The molecule has 1 aromatic rings. The van der Waals surface area contributed by atoms with Crippen LogP contribution in [0.15, 0.2) is 0 Å². The second-order valence-electron chi connectivity index (χ2n) is 6.62. The van der Waals surface area contributed by atoms with Crippen LogP contribution in [-0.2, 0) is 0 Å². The van der Waals surface area contributed by atoms with E-state index < -0.39 is 0 Å². The molecule has 0 saturated heterocycles. The summed E-state index contributed by atoms with van der Waals surface area (Å²) in [6.45, 7) is 9.76. The minimum atomic E-state index is -0.159. The third kappa shape index (κ3) is 5.89. The Hall–Kier alpha value is -1.34. The number of rotatable bonds is 7. The number of nitrogens with zero attached hydrogens (tertiary/aromatic N) is 2. The zero-order valence-corrected chi connectivity index (χ0v) is 14.6. The highest BCUT2D eigenvalue weighted by Gasteiger charge is 2.22. The quantitative estimate of drug-likeness (QED) is 0.716. The zero-order valence-electron chi connectivity index (χ0n) is 13.8. The fraction of sp³-hybridized carbons (Fsp3) is 0.714. The monoisotopic (exact) mass is 313 g/mol. The lowest BCUT2D eigenvalue weighted by Gasteiger charge is -2.28. The van der Waals surface area contributed by atoms with Gasteiger partial charge in [0.1, 0.15) is 10.7 Å². The Bertz CT molecular complexity index is 482. The van der Waals surface area contributed by atoms with E-state index in [9.17, 15) is 4.79 Å². The number of hydrogen-bond acceptors (Lipinski definition) is 6. The molecule has 0 saturated carbocycles. The van der Waals surface area contributed by atoms with Gasteiger partial charge in [-0.15, -0.1) is 0 Å². The molecule has 6 nitrogen and oxygen atoms in total. The SMILES string of the molecule is CC(C)Nc1nc(N)c(C(=O)NCC(C)(C)CN(C)C)s1. The van der Waals surface area contributed by atoms with Crippen molar-refractivity contribution in [3.05, 3.63) is 4.88 Å². The van der Waals surface area contributed by atoms with Gasteiger partial charge in [-0.05, 0) is 33.4 Å². The lowest BCUT2D eigenvalue weighted by Crippen LogP contribution is -2.39. The fourth-order valence-corrected chi connectivity index (χ4v) is 3.06. The van der Waals surface area contributed by atoms with Crippen LogP contribution in [-0.4, -0.2) is 49.0 Å². The van der Waals surface area contributed by atoms with Gasteiger partial charge in [0.25, 0.3) is 5.91 Å². The molecule has 0 atom stereocenters. The minimum Gasteiger partial charge on any atom is -0.382 e. The number of nitrogen functional groups attached to an aromatic ring is 1. The average Bonchev–Trinajstić information content (AvgIpc) is 2.64. The van der Waals surface area contributed by atoms with Gasteiger partial charge in [-0.2, -0.15) is 0 Å². The molecule has 7 heteroatoms. The number of hydrogen-bond donors (Lipinski definition) is 3. The first-order chi connectivity index (χ1) is 9.60.